The van der Waals surface area contributed by atoms with Gasteiger partial charge in [-0.1, -0.05) is 38.0 Å². The maximum Gasteiger partial charge on any atom is 0.0141 e. The molecule has 0 saturated heterocycles. The Labute approximate surface area is 129 Å². The van der Waals surface area contributed by atoms with Crippen LogP contribution < -0.4 is 5.32 Å². The zero-order chi connectivity index (χ0) is 14.2. The van der Waals surface area contributed by atoms with Crippen molar-refractivity contribution in [1.29, 1.82) is 0 Å². The molecule has 1 aromatic carbocycles. The fourth-order valence-corrected chi connectivity index (χ4v) is 5.26. The largest absolute Gasteiger partial charge is 0.314 e. The number of hydrogen-bond acceptors (Lipinski definition) is 1. The fraction of sp³-hybridized carbons (Fsp3) is 0.700. The predicted molar refractivity (Wildman–Crippen MR) is 88.6 cm³/mol. The fourth-order valence-electron chi connectivity index (χ4n) is 5.26. The van der Waals surface area contributed by atoms with Crippen LogP contribution in [-0.4, -0.2) is 12.6 Å². The lowest BCUT2D eigenvalue weighted by molar-refractivity contribution is 0.437. The lowest BCUT2D eigenvalue weighted by Gasteiger charge is -2.19. The highest BCUT2D eigenvalue weighted by molar-refractivity contribution is 5.35. The average molecular weight is 283 g/mol. The first-order chi connectivity index (χ1) is 10.4. The quantitative estimate of drug-likeness (QED) is 0.856. The normalized spacial score (nSPS) is 31.6. The summed E-state index contributed by atoms with van der Waals surface area (Å²) in [5.41, 5.74) is 4.82. The maximum absolute atomic E-state index is 3.82. The summed E-state index contributed by atoms with van der Waals surface area (Å²) in [6.45, 7) is 3.38. The number of benzene rings is 1. The van der Waals surface area contributed by atoms with Crippen LogP contribution in [0.3, 0.4) is 0 Å². The van der Waals surface area contributed by atoms with Gasteiger partial charge in [0.2, 0.25) is 0 Å². The van der Waals surface area contributed by atoms with E-state index in [2.05, 4.69) is 30.4 Å². The highest BCUT2D eigenvalue weighted by Gasteiger charge is 2.53. The number of nitrogens with one attached hydrogen (secondary N) is 1. The second kappa shape index (κ2) is 5.76. The van der Waals surface area contributed by atoms with Gasteiger partial charge in [0.05, 0.1) is 0 Å². The standard InChI is InChI=1S/C20H29N/c1-2-21-19(20-17-8-3-4-9-18(17)20)13-14-10-11-15-6-5-7-16(15)12-14/h10-12,17-21H,2-9,13H2,1H3. The van der Waals surface area contributed by atoms with Gasteiger partial charge in [-0.05, 0) is 79.5 Å². The molecule has 21 heavy (non-hydrogen) atoms. The molecule has 114 valence electrons. The van der Waals surface area contributed by atoms with Crippen LogP contribution in [-0.2, 0) is 19.3 Å². The Morgan fingerprint density at radius 3 is 2.57 bits per heavy atom. The van der Waals surface area contributed by atoms with E-state index < -0.39 is 0 Å². The van der Waals surface area contributed by atoms with Gasteiger partial charge < -0.3 is 5.32 Å². The van der Waals surface area contributed by atoms with E-state index in [4.69, 9.17) is 0 Å². The van der Waals surface area contributed by atoms with Gasteiger partial charge >= 0.3 is 0 Å². The molecule has 0 spiro atoms. The highest BCUT2D eigenvalue weighted by Crippen LogP contribution is 2.57. The number of fused-ring (bicyclic) bond motifs is 2. The van der Waals surface area contributed by atoms with Crippen molar-refractivity contribution >= 4 is 0 Å². The van der Waals surface area contributed by atoms with E-state index in [0.29, 0.717) is 0 Å². The molecule has 0 aliphatic heterocycles. The van der Waals surface area contributed by atoms with Crippen molar-refractivity contribution in [2.24, 2.45) is 17.8 Å². The first kappa shape index (κ1) is 13.8. The van der Waals surface area contributed by atoms with Crippen LogP contribution >= 0.6 is 0 Å². The van der Waals surface area contributed by atoms with Crippen LogP contribution in [0.1, 0.15) is 55.7 Å². The number of rotatable bonds is 5. The minimum atomic E-state index is 0.725. The van der Waals surface area contributed by atoms with Gasteiger partial charge in [-0.2, -0.15) is 0 Å². The van der Waals surface area contributed by atoms with E-state index in [1.165, 1.54) is 51.4 Å². The summed E-state index contributed by atoms with van der Waals surface area (Å²) >= 11 is 0. The van der Waals surface area contributed by atoms with E-state index in [-0.39, 0.29) is 0 Å². The summed E-state index contributed by atoms with van der Waals surface area (Å²) in [5, 5.41) is 3.82. The molecular formula is C20H29N. The zero-order valence-corrected chi connectivity index (χ0v) is 13.4. The van der Waals surface area contributed by atoms with Gasteiger partial charge in [-0.25, -0.2) is 0 Å². The molecular weight excluding hydrogens is 254 g/mol. The zero-order valence-electron chi connectivity index (χ0n) is 13.4. The van der Waals surface area contributed by atoms with E-state index in [9.17, 15) is 0 Å². The minimum Gasteiger partial charge on any atom is -0.314 e. The van der Waals surface area contributed by atoms with Crippen LogP contribution in [0.2, 0.25) is 0 Å². The molecule has 2 fully saturated rings. The molecule has 1 aromatic rings. The van der Waals surface area contributed by atoms with Crippen LogP contribution in [0, 0.1) is 17.8 Å². The number of hydrogen-bond donors (Lipinski definition) is 1. The SMILES string of the molecule is CCNC(Cc1ccc2c(c1)CCC2)C1C2CCCCC21. The summed E-state index contributed by atoms with van der Waals surface area (Å²) in [6, 6.07) is 8.04. The summed E-state index contributed by atoms with van der Waals surface area (Å²) in [5.74, 6) is 3.08. The molecule has 1 nitrogen and oxygen atoms in total. The summed E-state index contributed by atoms with van der Waals surface area (Å²) < 4.78 is 0. The minimum absolute atomic E-state index is 0.725. The molecule has 0 aromatic heterocycles. The van der Waals surface area contributed by atoms with E-state index in [1.54, 1.807) is 16.7 Å². The van der Waals surface area contributed by atoms with E-state index in [0.717, 1.165) is 30.3 Å². The van der Waals surface area contributed by atoms with Crippen molar-refractivity contribution in [1.82, 2.24) is 5.32 Å². The van der Waals surface area contributed by atoms with Gasteiger partial charge in [0.1, 0.15) is 0 Å². The third-order valence-electron chi connectivity index (χ3n) is 6.27. The summed E-state index contributed by atoms with van der Waals surface area (Å²) in [6.07, 6.45) is 11.2. The highest BCUT2D eigenvalue weighted by atomic mass is 14.9. The molecule has 1 heteroatoms. The Kier molecular flexibility index (Phi) is 3.79. The Morgan fingerprint density at radius 2 is 1.81 bits per heavy atom. The summed E-state index contributed by atoms with van der Waals surface area (Å²) in [4.78, 5) is 0. The van der Waals surface area contributed by atoms with Gasteiger partial charge in [-0.3, -0.25) is 0 Å². The Hall–Kier alpha value is -0.820. The van der Waals surface area contributed by atoms with Crippen molar-refractivity contribution in [3.8, 4) is 0 Å². The maximum atomic E-state index is 3.82. The molecule has 0 heterocycles. The van der Waals surface area contributed by atoms with Crippen molar-refractivity contribution in [3.05, 3.63) is 34.9 Å². The molecule has 0 radical (unpaired) electrons. The van der Waals surface area contributed by atoms with E-state index in [1.807, 2.05) is 0 Å². The van der Waals surface area contributed by atoms with Crippen molar-refractivity contribution in [2.75, 3.05) is 6.54 Å². The van der Waals surface area contributed by atoms with Crippen molar-refractivity contribution in [3.63, 3.8) is 0 Å². The number of aryl methyl sites for hydroxylation is 2. The molecule has 2 saturated carbocycles. The molecule has 3 unspecified atom stereocenters. The Morgan fingerprint density at radius 1 is 1.05 bits per heavy atom. The molecule has 1 N–H and O–H groups in total. The number of likely N-dealkylation sites (N-methyl/N-ethyl adjacent to an activating group) is 1. The van der Waals surface area contributed by atoms with Crippen molar-refractivity contribution < 1.29 is 0 Å². The third-order valence-corrected chi connectivity index (χ3v) is 6.27. The Bertz CT molecular complexity index is 495. The second-order valence-corrected chi connectivity index (χ2v) is 7.51. The topological polar surface area (TPSA) is 12.0 Å². The van der Waals surface area contributed by atoms with E-state index >= 15 is 0 Å². The predicted octanol–water partition coefficient (Wildman–Crippen LogP) is 4.13. The lowest BCUT2D eigenvalue weighted by Crippen LogP contribution is -2.34. The first-order valence-corrected chi connectivity index (χ1v) is 9.21. The molecule has 4 rings (SSSR count). The van der Waals surface area contributed by atoms with Crippen LogP contribution in [0.5, 0.6) is 0 Å². The van der Waals surface area contributed by atoms with Gasteiger partial charge in [0.15, 0.2) is 0 Å². The van der Waals surface area contributed by atoms with Gasteiger partial charge in [0, 0.05) is 6.04 Å². The van der Waals surface area contributed by atoms with Crippen LogP contribution in [0.25, 0.3) is 0 Å². The van der Waals surface area contributed by atoms with Crippen LogP contribution in [0.4, 0.5) is 0 Å². The van der Waals surface area contributed by atoms with Crippen LogP contribution in [0.15, 0.2) is 18.2 Å². The van der Waals surface area contributed by atoms with Crippen molar-refractivity contribution in [2.45, 2.75) is 64.3 Å². The molecule has 3 atom stereocenters. The van der Waals surface area contributed by atoms with Gasteiger partial charge in [-0.15, -0.1) is 0 Å². The molecule has 0 amide bonds. The summed E-state index contributed by atoms with van der Waals surface area (Å²) in [7, 11) is 0. The molecule has 3 aliphatic carbocycles. The lowest BCUT2D eigenvalue weighted by atomic mass is 9.97. The average Bonchev–Trinajstić information content (AvgIpc) is 3.05. The first-order valence-electron chi connectivity index (χ1n) is 9.21. The third kappa shape index (κ3) is 2.65. The Balaban J connectivity index is 1.47. The smallest absolute Gasteiger partial charge is 0.0141 e. The molecule has 0 bridgehead atoms. The monoisotopic (exact) mass is 283 g/mol. The second-order valence-electron chi connectivity index (χ2n) is 7.51. The van der Waals surface area contributed by atoms with Gasteiger partial charge in [0.25, 0.3) is 0 Å². The molecule has 3 aliphatic rings.